The van der Waals surface area contributed by atoms with Crippen LogP contribution in [0.2, 0.25) is 0 Å². The van der Waals surface area contributed by atoms with Crippen molar-refractivity contribution in [1.29, 1.82) is 0 Å². The molecule has 0 aromatic heterocycles. The zero-order chi connectivity index (χ0) is 16.0. The molecular formula is C17H24FNO3. The van der Waals surface area contributed by atoms with Crippen molar-refractivity contribution in [1.82, 2.24) is 4.90 Å². The zero-order valence-corrected chi connectivity index (χ0v) is 13.3. The summed E-state index contributed by atoms with van der Waals surface area (Å²) in [6, 6.07) is 5.84. The number of rotatable bonds is 6. The minimum absolute atomic E-state index is 0.0367. The van der Waals surface area contributed by atoms with Crippen LogP contribution in [0.4, 0.5) is 4.39 Å². The summed E-state index contributed by atoms with van der Waals surface area (Å²) in [6.45, 7) is 5.23. The molecule has 4 nitrogen and oxygen atoms in total. The Morgan fingerprint density at radius 1 is 1.41 bits per heavy atom. The van der Waals surface area contributed by atoms with Crippen molar-refractivity contribution in [2.45, 2.75) is 19.8 Å². The summed E-state index contributed by atoms with van der Waals surface area (Å²) < 4.78 is 23.9. The van der Waals surface area contributed by atoms with Crippen molar-refractivity contribution >= 4 is 5.91 Å². The van der Waals surface area contributed by atoms with Crippen LogP contribution in [-0.4, -0.2) is 50.8 Å². The highest BCUT2D eigenvalue weighted by Gasteiger charge is 2.31. The van der Waals surface area contributed by atoms with E-state index in [0.29, 0.717) is 25.3 Å². The second kappa shape index (κ2) is 7.70. The molecule has 1 aliphatic heterocycles. The predicted octanol–water partition coefficient (Wildman–Crippen LogP) is 2.73. The molecule has 0 aliphatic carbocycles. The molecule has 5 heteroatoms. The Hall–Kier alpha value is -1.46. The summed E-state index contributed by atoms with van der Waals surface area (Å²) in [5, 5.41) is 0. The summed E-state index contributed by atoms with van der Waals surface area (Å²) in [5.41, 5.74) is 0.418. The standard InChI is InChI=1S/C17H24FNO3/c1-17(6-9-22-10-7-17)13-19(8-11-21-2)16(20)14-4-3-5-15(18)12-14/h3-5,12H,6-11,13H2,1-2H3. The van der Waals surface area contributed by atoms with Gasteiger partial charge in [-0.05, 0) is 36.5 Å². The maximum Gasteiger partial charge on any atom is 0.254 e. The Labute approximate surface area is 131 Å². The topological polar surface area (TPSA) is 38.8 Å². The van der Waals surface area contributed by atoms with E-state index >= 15 is 0 Å². The van der Waals surface area contributed by atoms with Gasteiger partial charge in [-0.3, -0.25) is 4.79 Å². The van der Waals surface area contributed by atoms with E-state index in [2.05, 4.69) is 6.92 Å². The van der Waals surface area contributed by atoms with Crippen molar-refractivity contribution in [3.63, 3.8) is 0 Å². The van der Waals surface area contributed by atoms with Crippen LogP contribution < -0.4 is 0 Å². The summed E-state index contributed by atoms with van der Waals surface area (Å²) in [4.78, 5) is 14.5. The van der Waals surface area contributed by atoms with Crippen molar-refractivity contribution in [3.05, 3.63) is 35.6 Å². The molecule has 1 fully saturated rings. The lowest BCUT2D eigenvalue weighted by molar-refractivity contribution is 0.00273. The zero-order valence-electron chi connectivity index (χ0n) is 13.3. The summed E-state index contributed by atoms with van der Waals surface area (Å²) in [7, 11) is 1.61. The molecule has 1 amide bonds. The lowest BCUT2D eigenvalue weighted by Gasteiger charge is -2.38. The van der Waals surface area contributed by atoms with Crippen molar-refractivity contribution in [3.8, 4) is 0 Å². The Kier molecular flexibility index (Phi) is 5.91. The van der Waals surface area contributed by atoms with E-state index in [1.807, 2.05) is 0 Å². The van der Waals surface area contributed by atoms with Crippen LogP contribution in [0.3, 0.4) is 0 Å². The van der Waals surface area contributed by atoms with Crippen LogP contribution in [0.25, 0.3) is 0 Å². The van der Waals surface area contributed by atoms with Gasteiger partial charge in [0.15, 0.2) is 0 Å². The first kappa shape index (κ1) is 16.9. The number of carbonyl (C=O) groups is 1. The van der Waals surface area contributed by atoms with Crippen LogP contribution in [0.1, 0.15) is 30.1 Å². The summed E-state index contributed by atoms with van der Waals surface area (Å²) in [6.07, 6.45) is 1.85. The minimum atomic E-state index is -0.394. The summed E-state index contributed by atoms with van der Waals surface area (Å²) >= 11 is 0. The monoisotopic (exact) mass is 309 g/mol. The van der Waals surface area contributed by atoms with E-state index < -0.39 is 5.82 Å². The number of nitrogens with zero attached hydrogens (tertiary/aromatic N) is 1. The van der Waals surface area contributed by atoms with E-state index in [9.17, 15) is 9.18 Å². The number of amides is 1. The van der Waals surface area contributed by atoms with Crippen LogP contribution in [0.15, 0.2) is 24.3 Å². The van der Waals surface area contributed by atoms with E-state index in [1.165, 1.54) is 12.1 Å². The van der Waals surface area contributed by atoms with E-state index in [4.69, 9.17) is 9.47 Å². The highest BCUT2D eigenvalue weighted by atomic mass is 19.1. The molecule has 0 saturated carbocycles. The fraction of sp³-hybridized carbons (Fsp3) is 0.588. The maximum absolute atomic E-state index is 13.4. The molecule has 0 unspecified atom stereocenters. The van der Waals surface area contributed by atoms with E-state index in [-0.39, 0.29) is 11.3 Å². The normalized spacial score (nSPS) is 17.2. The second-order valence-corrected chi connectivity index (χ2v) is 6.15. The lowest BCUT2D eigenvalue weighted by atomic mass is 9.82. The molecule has 0 N–H and O–H groups in total. The number of hydrogen-bond acceptors (Lipinski definition) is 3. The molecule has 1 aromatic carbocycles. The first-order valence-corrected chi connectivity index (χ1v) is 7.66. The van der Waals surface area contributed by atoms with Crippen molar-refractivity contribution < 1.29 is 18.7 Å². The molecule has 0 bridgehead atoms. The van der Waals surface area contributed by atoms with Crippen LogP contribution in [0, 0.1) is 11.2 Å². The average molecular weight is 309 g/mol. The molecule has 1 saturated heterocycles. The minimum Gasteiger partial charge on any atom is -0.383 e. The van der Waals surface area contributed by atoms with Crippen molar-refractivity contribution in [2.75, 3.05) is 40.0 Å². The molecule has 1 aliphatic rings. The molecule has 22 heavy (non-hydrogen) atoms. The van der Waals surface area contributed by atoms with Gasteiger partial charge in [0.25, 0.3) is 5.91 Å². The predicted molar refractivity (Wildman–Crippen MR) is 82.3 cm³/mol. The van der Waals surface area contributed by atoms with Gasteiger partial charge in [0, 0.05) is 39.0 Å². The van der Waals surface area contributed by atoms with Crippen LogP contribution in [0.5, 0.6) is 0 Å². The van der Waals surface area contributed by atoms with Gasteiger partial charge in [-0.2, -0.15) is 0 Å². The highest BCUT2D eigenvalue weighted by Crippen LogP contribution is 2.31. The molecule has 0 radical (unpaired) electrons. The molecule has 0 spiro atoms. The highest BCUT2D eigenvalue weighted by molar-refractivity contribution is 5.94. The number of halogens is 1. The Morgan fingerprint density at radius 2 is 2.14 bits per heavy atom. The Balaban J connectivity index is 2.12. The number of ether oxygens (including phenoxy) is 2. The third kappa shape index (κ3) is 4.52. The second-order valence-electron chi connectivity index (χ2n) is 6.15. The van der Waals surface area contributed by atoms with E-state index in [0.717, 1.165) is 26.1 Å². The van der Waals surface area contributed by atoms with Crippen molar-refractivity contribution in [2.24, 2.45) is 5.41 Å². The number of methoxy groups -OCH3 is 1. The van der Waals surface area contributed by atoms with Gasteiger partial charge in [0.1, 0.15) is 5.82 Å². The third-order valence-electron chi connectivity index (χ3n) is 4.20. The van der Waals surface area contributed by atoms with Gasteiger partial charge in [0.2, 0.25) is 0 Å². The molecule has 2 rings (SSSR count). The number of hydrogen-bond donors (Lipinski definition) is 0. The van der Waals surface area contributed by atoms with Crippen LogP contribution in [-0.2, 0) is 9.47 Å². The summed E-state index contributed by atoms with van der Waals surface area (Å²) in [5.74, 6) is -0.543. The fourth-order valence-corrected chi connectivity index (χ4v) is 2.74. The quantitative estimate of drug-likeness (QED) is 0.811. The first-order chi connectivity index (χ1) is 10.5. The molecule has 1 aromatic rings. The Bertz CT molecular complexity index is 500. The average Bonchev–Trinajstić information content (AvgIpc) is 2.51. The van der Waals surface area contributed by atoms with E-state index in [1.54, 1.807) is 24.1 Å². The SMILES string of the molecule is COCCN(CC1(C)CCOCC1)C(=O)c1cccc(F)c1. The van der Waals surface area contributed by atoms with Gasteiger partial charge in [0.05, 0.1) is 6.61 Å². The van der Waals surface area contributed by atoms with Gasteiger partial charge < -0.3 is 14.4 Å². The first-order valence-electron chi connectivity index (χ1n) is 7.66. The lowest BCUT2D eigenvalue weighted by Crippen LogP contribution is -2.44. The van der Waals surface area contributed by atoms with Gasteiger partial charge in [-0.1, -0.05) is 13.0 Å². The Morgan fingerprint density at radius 3 is 2.77 bits per heavy atom. The smallest absolute Gasteiger partial charge is 0.254 e. The molecule has 122 valence electrons. The third-order valence-corrected chi connectivity index (χ3v) is 4.20. The number of carbonyl (C=O) groups excluding carboxylic acids is 1. The van der Waals surface area contributed by atoms with Gasteiger partial charge >= 0.3 is 0 Å². The molecular weight excluding hydrogens is 285 g/mol. The van der Waals surface area contributed by atoms with Crippen LogP contribution >= 0.6 is 0 Å². The molecule has 0 atom stereocenters. The number of benzene rings is 1. The van der Waals surface area contributed by atoms with Gasteiger partial charge in [-0.25, -0.2) is 4.39 Å². The fourth-order valence-electron chi connectivity index (χ4n) is 2.74. The largest absolute Gasteiger partial charge is 0.383 e. The maximum atomic E-state index is 13.4. The molecule has 1 heterocycles. The van der Waals surface area contributed by atoms with Gasteiger partial charge in [-0.15, -0.1) is 0 Å².